The van der Waals surface area contributed by atoms with Gasteiger partial charge in [0.2, 0.25) is 0 Å². The number of likely N-dealkylation sites (N-methyl/N-ethyl adjacent to an activating group) is 1. The Bertz CT molecular complexity index is 731. The summed E-state index contributed by atoms with van der Waals surface area (Å²) in [6, 6.07) is 5.69. The minimum absolute atomic E-state index is 0.567. The van der Waals surface area contributed by atoms with Crippen molar-refractivity contribution in [2.75, 3.05) is 24.7 Å². The van der Waals surface area contributed by atoms with Crippen molar-refractivity contribution in [3.8, 4) is 0 Å². The molecule has 3 rings (SSSR count). The van der Waals surface area contributed by atoms with Gasteiger partial charge in [0.25, 0.3) is 0 Å². The Morgan fingerprint density at radius 2 is 2.10 bits per heavy atom. The summed E-state index contributed by atoms with van der Waals surface area (Å²) in [7, 11) is 2.02. The van der Waals surface area contributed by atoms with Gasteiger partial charge in [0, 0.05) is 25.4 Å². The molecule has 0 aliphatic carbocycles. The van der Waals surface area contributed by atoms with Gasteiger partial charge >= 0.3 is 0 Å². The van der Waals surface area contributed by atoms with Crippen LogP contribution in [-0.2, 0) is 0 Å². The number of fused-ring (bicyclic) bond motifs is 1. The highest BCUT2D eigenvalue weighted by Gasteiger charge is 2.20. The molecule has 0 radical (unpaired) electrons. The largest absolute Gasteiger partial charge is 0.355 e. The molecule has 1 aliphatic rings. The number of anilines is 1. The van der Waals surface area contributed by atoms with Crippen LogP contribution in [0, 0.1) is 0 Å². The summed E-state index contributed by atoms with van der Waals surface area (Å²) < 4.78 is 0. The predicted octanol–water partition coefficient (Wildman–Crippen LogP) is 4.50. The van der Waals surface area contributed by atoms with Crippen LogP contribution in [0.1, 0.15) is 11.1 Å². The Morgan fingerprint density at radius 1 is 1.29 bits per heavy atom. The molecule has 0 spiro atoms. The zero-order chi connectivity index (χ0) is 15.0. The average Bonchev–Trinajstić information content (AvgIpc) is 2.49. The summed E-state index contributed by atoms with van der Waals surface area (Å²) in [6.45, 7) is 0.734. The van der Waals surface area contributed by atoms with Gasteiger partial charge in [-0.25, -0.2) is 9.97 Å². The Morgan fingerprint density at radius 3 is 2.86 bits per heavy atom. The fraction of sp³-hybridized carbons (Fsp3) is 0.200. The summed E-state index contributed by atoms with van der Waals surface area (Å²) in [5.41, 5.74) is 3.06. The molecule has 2 heterocycles. The molecule has 0 unspecified atom stereocenters. The van der Waals surface area contributed by atoms with Gasteiger partial charge in [-0.15, -0.1) is 0 Å². The minimum Gasteiger partial charge on any atom is -0.355 e. The van der Waals surface area contributed by atoms with E-state index in [1.54, 1.807) is 6.07 Å². The second-order valence-corrected chi connectivity index (χ2v) is 6.32. The van der Waals surface area contributed by atoms with Crippen LogP contribution < -0.4 is 4.90 Å². The molecule has 108 valence electrons. The Kier molecular flexibility index (Phi) is 4.11. The highest BCUT2D eigenvalue weighted by atomic mass is 35.5. The third-order valence-corrected chi connectivity index (χ3v) is 4.73. The van der Waals surface area contributed by atoms with Gasteiger partial charge in [-0.2, -0.15) is 0 Å². The molecule has 0 saturated carbocycles. The van der Waals surface area contributed by atoms with Crippen LogP contribution in [0.15, 0.2) is 29.6 Å². The van der Waals surface area contributed by atoms with Gasteiger partial charge in [-0.3, -0.25) is 0 Å². The number of hydrogen-bond acceptors (Lipinski definition) is 4. The zero-order valence-electron chi connectivity index (χ0n) is 11.6. The van der Waals surface area contributed by atoms with Gasteiger partial charge in [0.1, 0.15) is 5.82 Å². The Hall–Kier alpha value is -1.23. The van der Waals surface area contributed by atoms with Crippen molar-refractivity contribution in [1.29, 1.82) is 0 Å². The maximum Gasteiger partial charge on any atom is 0.189 e. The van der Waals surface area contributed by atoms with Crippen molar-refractivity contribution >= 4 is 52.4 Å². The predicted molar refractivity (Wildman–Crippen MR) is 91.4 cm³/mol. The number of halogens is 2. The van der Waals surface area contributed by atoms with E-state index in [1.165, 1.54) is 11.8 Å². The molecule has 2 aromatic rings. The van der Waals surface area contributed by atoms with Crippen LogP contribution in [0.4, 0.5) is 5.82 Å². The summed E-state index contributed by atoms with van der Waals surface area (Å²) in [4.78, 5) is 11.0. The van der Waals surface area contributed by atoms with E-state index in [0.29, 0.717) is 10.0 Å². The van der Waals surface area contributed by atoms with E-state index in [-0.39, 0.29) is 0 Å². The Labute approximate surface area is 138 Å². The molecule has 0 fully saturated rings. The first-order chi connectivity index (χ1) is 10.1. The molecule has 6 heteroatoms. The lowest BCUT2D eigenvalue weighted by molar-refractivity contribution is 0.898. The quantitative estimate of drug-likeness (QED) is 0.596. The van der Waals surface area contributed by atoms with Crippen LogP contribution in [0.3, 0.4) is 0 Å². The van der Waals surface area contributed by atoms with Gasteiger partial charge in [-0.05, 0) is 29.5 Å². The first kappa shape index (κ1) is 14.7. The van der Waals surface area contributed by atoms with Crippen LogP contribution >= 0.6 is 35.0 Å². The molecular formula is C15H13Cl2N3S. The van der Waals surface area contributed by atoms with Gasteiger partial charge in [-0.1, -0.05) is 47.1 Å². The van der Waals surface area contributed by atoms with E-state index in [0.717, 1.165) is 34.2 Å². The van der Waals surface area contributed by atoms with E-state index >= 15 is 0 Å². The SMILES string of the molecule is CSc1ncc2c(n1)N(C)CC(c1cccc(Cl)c1Cl)=C2. The molecule has 1 aromatic heterocycles. The number of thioether (sulfide) groups is 1. The van der Waals surface area contributed by atoms with Crippen LogP contribution in [0.5, 0.6) is 0 Å². The molecule has 0 amide bonds. The van der Waals surface area contributed by atoms with Gasteiger partial charge in [0.15, 0.2) is 5.16 Å². The third kappa shape index (κ3) is 2.76. The third-order valence-electron chi connectivity index (χ3n) is 3.35. The maximum absolute atomic E-state index is 6.32. The monoisotopic (exact) mass is 337 g/mol. The Balaban J connectivity index is 2.09. The number of aromatic nitrogens is 2. The van der Waals surface area contributed by atoms with Crippen molar-refractivity contribution < 1.29 is 0 Å². The number of benzene rings is 1. The molecule has 1 aromatic carbocycles. The van der Waals surface area contributed by atoms with Crippen molar-refractivity contribution in [3.63, 3.8) is 0 Å². The summed E-state index contributed by atoms with van der Waals surface area (Å²) in [6.07, 6.45) is 5.90. The lowest BCUT2D eigenvalue weighted by atomic mass is 10.00. The normalized spacial score (nSPS) is 13.9. The lowest BCUT2D eigenvalue weighted by Gasteiger charge is -2.27. The molecule has 0 bridgehead atoms. The molecule has 0 saturated heterocycles. The fourth-order valence-corrected chi connectivity index (χ4v) is 3.11. The average molecular weight is 338 g/mol. The summed E-state index contributed by atoms with van der Waals surface area (Å²) in [5, 5.41) is 1.93. The fourth-order valence-electron chi connectivity index (χ4n) is 2.35. The lowest BCUT2D eigenvalue weighted by Crippen LogP contribution is -2.25. The first-order valence-electron chi connectivity index (χ1n) is 6.37. The molecule has 1 aliphatic heterocycles. The van der Waals surface area contributed by atoms with Crippen LogP contribution in [0.25, 0.3) is 11.6 Å². The van der Waals surface area contributed by atoms with Crippen molar-refractivity contribution in [1.82, 2.24) is 9.97 Å². The zero-order valence-corrected chi connectivity index (χ0v) is 13.9. The van der Waals surface area contributed by atoms with Crippen LogP contribution in [-0.4, -0.2) is 29.8 Å². The van der Waals surface area contributed by atoms with E-state index in [2.05, 4.69) is 20.9 Å². The second-order valence-electron chi connectivity index (χ2n) is 4.76. The number of nitrogens with zero attached hydrogens (tertiary/aromatic N) is 3. The van der Waals surface area contributed by atoms with Crippen molar-refractivity contribution in [3.05, 3.63) is 45.6 Å². The van der Waals surface area contributed by atoms with Gasteiger partial charge < -0.3 is 4.90 Å². The maximum atomic E-state index is 6.32. The molecule has 0 N–H and O–H groups in total. The topological polar surface area (TPSA) is 29.0 Å². The van der Waals surface area contributed by atoms with E-state index in [9.17, 15) is 0 Å². The molecule has 0 atom stereocenters. The van der Waals surface area contributed by atoms with Crippen molar-refractivity contribution in [2.45, 2.75) is 5.16 Å². The smallest absolute Gasteiger partial charge is 0.189 e. The van der Waals surface area contributed by atoms with Crippen LogP contribution in [0.2, 0.25) is 10.0 Å². The standard InChI is InChI=1S/C15H13Cl2N3S/c1-20-8-10(11-4-3-5-12(16)13(11)17)6-9-7-18-15(21-2)19-14(9)20/h3-7H,8H2,1-2H3. The molecular weight excluding hydrogens is 325 g/mol. The summed E-state index contributed by atoms with van der Waals surface area (Å²) in [5.74, 6) is 0.941. The van der Waals surface area contributed by atoms with E-state index in [4.69, 9.17) is 23.2 Å². The highest BCUT2D eigenvalue weighted by molar-refractivity contribution is 7.98. The summed E-state index contributed by atoms with van der Waals surface area (Å²) >= 11 is 14.0. The minimum atomic E-state index is 0.567. The van der Waals surface area contributed by atoms with Crippen molar-refractivity contribution in [2.24, 2.45) is 0 Å². The number of hydrogen-bond donors (Lipinski definition) is 0. The molecule has 21 heavy (non-hydrogen) atoms. The second kappa shape index (κ2) is 5.87. The highest BCUT2D eigenvalue weighted by Crippen LogP contribution is 2.36. The molecule has 3 nitrogen and oxygen atoms in total. The van der Waals surface area contributed by atoms with E-state index < -0.39 is 0 Å². The first-order valence-corrected chi connectivity index (χ1v) is 8.35. The van der Waals surface area contributed by atoms with Gasteiger partial charge in [0.05, 0.1) is 10.0 Å². The van der Waals surface area contributed by atoms with E-state index in [1.807, 2.05) is 31.6 Å². The number of rotatable bonds is 2.